The Kier molecular flexibility index (Phi) is 2.44. The number of hydrogen-bond acceptors (Lipinski definition) is 5. The maximum Gasteiger partial charge on any atom is 0.292 e. The number of piperidine rings is 3. The van der Waals surface area contributed by atoms with Gasteiger partial charge in [-0.05, 0) is 12.8 Å². The molecule has 1 unspecified atom stereocenters. The van der Waals surface area contributed by atoms with Crippen LogP contribution < -0.4 is 5.32 Å². The number of anilines is 1. The summed E-state index contributed by atoms with van der Waals surface area (Å²) in [6.07, 6.45) is 4.47. The highest BCUT2D eigenvalue weighted by Crippen LogP contribution is 2.43. The molecule has 1 spiro atoms. The Morgan fingerprint density at radius 2 is 2.32 bits per heavy atom. The predicted molar refractivity (Wildman–Crippen MR) is 79.4 cm³/mol. The molecule has 1 aromatic heterocycles. The zero-order valence-corrected chi connectivity index (χ0v) is 10.9. The largest absolute Gasteiger partial charge is 0.519 e. The van der Waals surface area contributed by atoms with Crippen LogP contribution in [0.1, 0.15) is 12.8 Å². The van der Waals surface area contributed by atoms with Crippen LogP contribution in [-0.2, 0) is 4.74 Å². The summed E-state index contributed by atoms with van der Waals surface area (Å²) in [5, 5.41) is 6.05. The Hall–Kier alpha value is -1.08. The Morgan fingerprint density at radius 3 is 3.00 bits per heavy atom. The molecule has 5 nitrogen and oxygen atoms in total. The molecular formula is C12H19BN4OS. The molecule has 19 heavy (non-hydrogen) atoms. The molecule has 0 radical (unpaired) electrons. The lowest BCUT2D eigenvalue weighted by atomic mass is 9.72. The van der Waals surface area contributed by atoms with Crippen LogP contribution >= 0.6 is 11.3 Å². The molecule has 0 amide bonds. The van der Waals surface area contributed by atoms with E-state index in [2.05, 4.69) is 15.3 Å². The smallest absolute Gasteiger partial charge is 0.292 e. The number of thiazole rings is 1. The second kappa shape index (κ2) is 3.96. The molecular weight excluding hydrogens is 259 g/mol. The van der Waals surface area contributed by atoms with E-state index < -0.39 is 0 Å². The number of nitrogens with one attached hydrogen (secondary N) is 1. The van der Waals surface area contributed by atoms with Crippen LogP contribution in [0.15, 0.2) is 16.6 Å². The van der Waals surface area contributed by atoms with Crippen molar-refractivity contribution in [3.8, 4) is 0 Å². The van der Waals surface area contributed by atoms with Crippen LogP contribution in [0.25, 0.3) is 0 Å². The van der Waals surface area contributed by atoms with Crippen molar-refractivity contribution in [3.63, 3.8) is 0 Å². The van der Waals surface area contributed by atoms with Gasteiger partial charge in [0.1, 0.15) is 0 Å². The van der Waals surface area contributed by atoms with E-state index in [0.29, 0.717) is 19.9 Å². The third-order valence-corrected chi connectivity index (χ3v) is 4.95. The van der Waals surface area contributed by atoms with Gasteiger partial charge >= 0.3 is 0 Å². The summed E-state index contributed by atoms with van der Waals surface area (Å²) in [6, 6.07) is 0.690. The summed E-state index contributed by atoms with van der Waals surface area (Å²) >= 11 is 1.58. The number of fused-ring (bicyclic) bond motifs is 2. The Labute approximate surface area is 117 Å². The van der Waals surface area contributed by atoms with Gasteiger partial charge in [0.2, 0.25) is 0 Å². The van der Waals surface area contributed by atoms with Crippen molar-refractivity contribution in [2.45, 2.75) is 18.4 Å². The van der Waals surface area contributed by atoms with Crippen molar-refractivity contribution in [1.29, 1.82) is 0 Å². The topological polar surface area (TPSA) is 46.5 Å². The number of quaternary nitrogens is 1. The van der Waals surface area contributed by atoms with Gasteiger partial charge in [0.05, 0.1) is 13.1 Å². The van der Waals surface area contributed by atoms with E-state index in [0.717, 1.165) is 11.7 Å². The number of aromatic nitrogens is 1. The van der Waals surface area contributed by atoms with E-state index in [1.165, 1.54) is 36.9 Å². The molecule has 5 heterocycles. The summed E-state index contributed by atoms with van der Waals surface area (Å²) in [5.41, 5.74) is 0.0117. The van der Waals surface area contributed by atoms with Crippen LogP contribution in [0.3, 0.4) is 0 Å². The lowest BCUT2D eigenvalue weighted by Crippen LogP contribution is -2.69. The van der Waals surface area contributed by atoms with Gasteiger partial charge in [-0.25, -0.2) is 9.98 Å². The Balaban J connectivity index is 1.51. The van der Waals surface area contributed by atoms with E-state index >= 15 is 0 Å². The quantitative estimate of drug-likeness (QED) is 0.747. The number of amidine groups is 1. The number of hydrogen-bond donors (Lipinski definition) is 1. The van der Waals surface area contributed by atoms with E-state index in [1.54, 1.807) is 17.5 Å². The van der Waals surface area contributed by atoms with Crippen LogP contribution in [0.4, 0.5) is 5.13 Å². The fourth-order valence-corrected chi connectivity index (χ4v) is 3.84. The maximum absolute atomic E-state index is 6.29. The number of nitrogens with zero attached hydrogens (tertiary/aromatic N) is 3. The number of aliphatic imine (C=N–C) groups is 1. The van der Waals surface area contributed by atoms with Crippen LogP contribution in [0, 0.1) is 5.92 Å². The van der Waals surface area contributed by atoms with Gasteiger partial charge in [0, 0.05) is 30.6 Å². The van der Waals surface area contributed by atoms with Crippen LogP contribution in [-0.4, -0.2) is 55.2 Å². The van der Waals surface area contributed by atoms with Crippen molar-refractivity contribution in [2.24, 2.45) is 10.9 Å². The minimum absolute atomic E-state index is 0.0117. The average Bonchev–Trinajstić information content (AvgIpc) is 3.01. The second-order valence-corrected chi connectivity index (χ2v) is 6.20. The molecule has 7 heteroatoms. The normalized spacial score (nSPS) is 40.3. The van der Waals surface area contributed by atoms with Crippen molar-refractivity contribution in [3.05, 3.63) is 11.6 Å². The van der Waals surface area contributed by atoms with Crippen molar-refractivity contribution < 1.29 is 9.13 Å². The molecule has 1 N–H and O–H groups in total. The highest BCUT2D eigenvalue weighted by molar-refractivity contribution is 7.13. The van der Waals surface area contributed by atoms with E-state index in [4.69, 9.17) is 4.74 Å². The van der Waals surface area contributed by atoms with Crippen molar-refractivity contribution >= 4 is 30.5 Å². The van der Waals surface area contributed by atoms with Gasteiger partial charge in [0.15, 0.2) is 18.7 Å². The molecule has 2 bridgehead atoms. The molecule has 0 aromatic carbocycles. The second-order valence-electron chi connectivity index (χ2n) is 5.30. The summed E-state index contributed by atoms with van der Waals surface area (Å²) in [5.74, 6) is 0.713. The van der Waals surface area contributed by atoms with Gasteiger partial charge in [0.25, 0.3) is 6.02 Å². The molecule has 3 saturated heterocycles. The molecule has 0 saturated carbocycles. The van der Waals surface area contributed by atoms with Crippen molar-refractivity contribution in [1.82, 2.24) is 4.98 Å². The minimum Gasteiger partial charge on any atom is -0.519 e. The van der Waals surface area contributed by atoms with Crippen LogP contribution in [0.5, 0.6) is 0 Å². The maximum atomic E-state index is 6.29. The highest BCUT2D eigenvalue weighted by atomic mass is 32.1. The van der Waals surface area contributed by atoms with Gasteiger partial charge in [-0.2, -0.15) is 0 Å². The summed E-state index contributed by atoms with van der Waals surface area (Å²) in [4.78, 5) is 8.84. The monoisotopic (exact) mass is 278 g/mol. The lowest BCUT2D eigenvalue weighted by Gasteiger charge is -2.60. The molecule has 0 aliphatic carbocycles. The molecule has 102 valence electrons. The van der Waals surface area contributed by atoms with Gasteiger partial charge in [-0.1, -0.05) is 0 Å². The van der Waals surface area contributed by atoms with E-state index in [-0.39, 0.29) is 5.60 Å². The zero-order valence-electron chi connectivity index (χ0n) is 10.1. The van der Waals surface area contributed by atoms with Gasteiger partial charge in [-0.3, -0.25) is 5.32 Å². The molecule has 5 rings (SSSR count). The van der Waals surface area contributed by atoms with Gasteiger partial charge in [-0.15, -0.1) is 11.3 Å². The Bertz CT molecular complexity index is 512. The molecule has 4 aliphatic rings. The molecule has 3 fully saturated rings. The molecule has 1 atom stereocenters. The minimum atomic E-state index is 0.0117. The standard InChI is InChI=1S/C12H19BN4OS/c13-17-4-1-9(2-5-17)12(8-17)7-15-10(18-12)16-11-14-3-6-19-11/h3,6,9H,1-2,4-5,7-8H2,13H3,(H,14,15,16). The highest BCUT2D eigenvalue weighted by Gasteiger charge is 2.55. The first kappa shape index (κ1) is 11.7. The first-order valence-electron chi connectivity index (χ1n) is 6.46. The SMILES string of the molecule is [BH3-][N+]12CCC(CC1)C1(CN=C(Nc3nccs3)O1)C2. The number of ether oxygens (including phenoxy) is 1. The fourth-order valence-electron chi connectivity index (χ4n) is 3.32. The Morgan fingerprint density at radius 1 is 1.47 bits per heavy atom. The third-order valence-electron chi connectivity index (χ3n) is 4.26. The molecule has 1 aromatic rings. The van der Waals surface area contributed by atoms with Crippen molar-refractivity contribution in [2.75, 3.05) is 31.5 Å². The average molecular weight is 278 g/mol. The lowest BCUT2D eigenvalue weighted by molar-refractivity contribution is -0.845. The summed E-state index contributed by atoms with van der Waals surface area (Å²) in [7, 11) is 0.327. The zero-order chi connectivity index (χ0) is 12.9. The third kappa shape index (κ3) is 1.87. The van der Waals surface area contributed by atoms with Gasteiger partial charge < -0.3 is 9.13 Å². The first-order chi connectivity index (χ1) is 9.18. The predicted octanol–water partition coefficient (Wildman–Crippen LogP) is 0.201. The van der Waals surface area contributed by atoms with E-state index in [1.807, 2.05) is 5.38 Å². The number of rotatable bonds is 1. The fraction of sp³-hybridized carbons (Fsp3) is 0.667. The summed E-state index contributed by atoms with van der Waals surface area (Å²) in [6.45, 7) is 4.87. The summed E-state index contributed by atoms with van der Waals surface area (Å²) < 4.78 is 7.69. The van der Waals surface area contributed by atoms with Crippen LogP contribution in [0.2, 0.25) is 0 Å². The van der Waals surface area contributed by atoms with E-state index in [9.17, 15) is 0 Å². The molecule has 4 aliphatic heterocycles. The first-order valence-corrected chi connectivity index (χ1v) is 7.34.